The summed E-state index contributed by atoms with van der Waals surface area (Å²) < 4.78 is 10.4. The Balaban J connectivity index is 1.92. The number of nitrogens with one attached hydrogen (secondary N) is 4. The molecular weight excluding hydrogens is 698 g/mol. The van der Waals surface area contributed by atoms with Gasteiger partial charge in [0.15, 0.2) is 11.6 Å². The highest BCUT2D eigenvalue weighted by Crippen LogP contribution is 2.08. The number of amides is 4. The third-order valence-electron chi connectivity index (χ3n) is 8.25. The van der Waals surface area contributed by atoms with E-state index < -0.39 is 41.8 Å². The number of aliphatic hydroxyl groups is 2. The van der Waals surface area contributed by atoms with Crippen molar-refractivity contribution in [3.8, 4) is 0 Å². The summed E-state index contributed by atoms with van der Waals surface area (Å²) in [7, 11) is 0. The lowest BCUT2D eigenvalue weighted by Gasteiger charge is -2.21. The molecule has 0 aliphatic rings. The first-order valence-electron chi connectivity index (χ1n) is 18.5. The molecule has 3 atom stereocenters. The molecule has 298 valence electrons. The predicted octanol–water partition coefficient (Wildman–Crippen LogP) is 0.278. The first-order chi connectivity index (χ1) is 26.1. The van der Waals surface area contributed by atoms with E-state index in [0.29, 0.717) is 38.9 Å². The molecule has 0 aromatic heterocycles. The number of ketones is 2. The SMILES string of the molecule is NC(CCC(=O)NC(Cc1ccccc1)C(=O)NCC(=O)CCCCOCCO)C(=O)NC(Cc1ccccc1)C(=O)NCC(=O)CCCCOCCO. The number of rotatable bonds is 30. The van der Waals surface area contributed by atoms with E-state index in [4.69, 9.17) is 25.4 Å². The fourth-order valence-electron chi connectivity index (χ4n) is 5.26. The number of hydrogen-bond acceptors (Lipinski definition) is 11. The molecule has 0 saturated carbocycles. The molecule has 0 radical (unpaired) electrons. The molecule has 54 heavy (non-hydrogen) atoms. The van der Waals surface area contributed by atoms with Crippen molar-refractivity contribution in [3.05, 3.63) is 71.8 Å². The lowest BCUT2D eigenvalue weighted by molar-refractivity contribution is -0.131. The zero-order chi connectivity index (χ0) is 39.4. The summed E-state index contributed by atoms with van der Waals surface area (Å²) in [6, 6.07) is 14.9. The summed E-state index contributed by atoms with van der Waals surface area (Å²) in [5.74, 6) is -2.63. The number of nitrogens with two attached hydrogens (primary N) is 1. The van der Waals surface area contributed by atoms with E-state index in [2.05, 4.69) is 21.3 Å². The number of unbranched alkanes of at least 4 members (excludes halogenated alkanes) is 2. The van der Waals surface area contributed by atoms with Gasteiger partial charge in [-0.2, -0.15) is 0 Å². The molecule has 0 spiro atoms. The maximum atomic E-state index is 13.2. The number of benzene rings is 2. The third-order valence-corrected chi connectivity index (χ3v) is 8.25. The lowest BCUT2D eigenvalue weighted by atomic mass is 10.0. The van der Waals surface area contributed by atoms with Gasteiger partial charge in [-0.05, 0) is 43.2 Å². The van der Waals surface area contributed by atoms with E-state index in [0.717, 1.165) is 11.1 Å². The second-order valence-electron chi connectivity index (χ2n) is 12.8. The average Bonchev–Trinajstić information content (AvgIpc) is 3.17. The fourth-order valence-corrected chi connectivity index (χ4v) is 5.26. The summed E-state index contributed by atoms with van der Waals surface area (Å²) in [5.41, 5.74) is 7.72. The topological polar surface area (TPSA) is 235 Å². The van der Waals surface area contributed by atoms with Gasteiger partial charge < -0.3 is 46.7 Å². The molecule has 15 nitrogen and oxygen atoms in total. The minimum atomic E-state index is -1.16. The van der Waals surface area contributed by atoms with Crippen LogP contribution in [0.5, 0.6) is 0 Å². The van der Waals surface area contributed by atoms with Crippen molar-refractivity contribution in [3.63, 3.8) is 0 Å². The van der Waals surface area contributed by atoms with Gasteiger partial charge in [0, 0.05) is 45.3 Å². The minimum Gasteiger partial charge on any atom is -0.394 e. The van der Waals surface area contributed by atoms with Crippen LogP contribution < -0.4 is 27.0 Å². The Labute approximate surface area is 317 Å². The molecule has 0 aliphatic carbocycles. The summed E-state index contributed by atoms with van der Waals surface area (Å²) in [6.45, 7) is 0.773. The van der Waals surface area contributed by atoms with Crippen LogP contribution in [0.2, 0.25) is 0 Å². The second kappa shape index (κ2) is 28.0. The van der Waals surface area contributed by atoms with Crippen LogP contribution in [0.3, 0.4) is 0 Å². The molecular formula is C39H57N5O10. The molecule has 4 amide bonds. The largest absolute Gasteiger partial charge is 0.394 e. The monoisotopic (exact) mass is 755 g/mol. The number of Topliss-reactive ketones (excluding diaryl/α,β-unsaturated/α-hetero) is 2. The van der Waals surface area contributed by atoms with E-state index in [1.54, 1.807) is 36.4 Å². The zero-order valence-corrected chi connectivity index (χ0v) is 31.0. The molecule has 2 aromatic rings. The molecule has 3 unspecified atom stereocenters. The minimum absolute atomic E-state index is 0.0680. The average molecular weight is 756 g/mol. The van der Waals surface area contributed by atoms with Crippen molar-refractivity contribution in [2.24, 2.45) is 5.73 Å². The molecule has 15 heteroatoms. The van der Waals surface area contributed by atoms with Crippen LogP contribution in [0.1, 0.15) is 62.5 Å². The Kier molecular flexibility index (Phi) is 23.6. The Morgan fingerprint density at radius 2 is 1.02 bits per heavy atom. The zero-order valence-electron chi connectivity index (χ0n) is 31.0. The molecule has 2 aromatic carbocycles. The van der Waals surface area contributed by atoms with Gasteiger partial charge in [0.05, 0.1) is 45.6 Å². The molecule has 0 bridgehead atoms. The van der Waals surface area contributed by atoms with E-state index >= 15 is 0 Å². The smallest absolute Gasteiger partial charge is 0.243 e. The summed E-state index contributed by atoms with van der Waals surface area (Å²) in [4.78, 5) is 77.2. The van der Waals surface area contributed by atoms with Gasteiger partial charge in [-0.15, -0.1) is 0 Å². The van der Waals surface area contributed by atoms with Gasteiger partial charge in [-0.1, -0.05) is 60.7 Å². The van der Waals surface area contributed by atoms with Gasteiger partial charge in [0.2, 0.25) is 23.6 Å². The van der Waals surface area contributed by atoms with Gasteiger partial charge >= 0.3 is 0 Å². The highest BCUT2D eigenvalue weighted by Gasteiger charge is 2.26. The first kappa shape index (κ1) is 45.6. The summed E-state index contributed by atoms with van der Waals surface area (Å²) in [6.07, 6.45) is 2.91. The highest BCUT2D eigenvalue weighted by molar-refractivity contribution is 5.93. The van der Waals surface area contributed by atoms with Gasteiger partial charge in [0.1, 0.15) is 12.1 Å². The van der Waals surface area contributed by atoms with Crippen molar-refractivity contribution >= 4 is 35.2 Å². The quantitative estimate of drug-likeness (QED) is 0.0535. The number of hydrogen-bond donors (Lipinski definition) is 7. The standard InChI is InChI=1S/C39H57N5O10/c40-33(37(50)44-35(26-30-13-5-2-6-14-30)39(52)42-28-32(48)16-8-10-22-54-24-20-46)17-18-36(49)43-34(25-29-11-3-1-4-12-29)38(51)41-27-31(47)15-7-9-21-53-23-19-45/h1-6,11-14,33-35,45-46H,7-10,15-28,40H2,(H,41,51)(H,42,52)(H,43,49)(H,44,50). The molecule has 0 aliphatic heterocycles. The summed E-state index contributed by atoms with van der Waals surface area (Å²) in [5, 5.41) is 28.1. The number of aliphatic hydroxyl groups excluding tert-OH is 2. The van der Waals surface area contributed by atoms with Crippen molar-refractivity contribution in [1.82, 2.24) is 21.3 Å². The second-order valence-corrected chi connectivity index (χ2v) is 12.8. The fraction of sp³-hybridized carbons (Fsp3) is 0.538. The molecule has 8 N–H and O–H groups in total. The van der Waals surface area contributed by atoms with Crippen LogP contribution in [-0.2, 0) is 51.1 Å². The molecule has 0 heterocycles. The van der Waals surface area contributed by atoms with Crippen molar-refractivity contribution < 1.29 is 48.5 Å². The molecule has 0 fully saturated rings. The van der Waals surface area contributed by atoms with Crippen LogP contribution >= 0.6 is 0 Å². The van der Waals surface area contributed by atoms with E-state index in [1.807, 2.05) is 24.3 Å². The van der Waals surface area contributed by atoms with Crippen LogP contribution in [0, 0.1) is 0 Å². The summed E-state index contributed by atoms with van der Waals surface area (Å²) >= 11 is 0. The van der Waals surface area contributed by atoms with Crippen LogP contribution in [-0.4, -0.2) is 116 Å². The lowest BCUT2D eigenvalue weighted by Crippen LogP contribution is -2.53. The van der Waals surface area contributed by atoms with Crippen molar-refractivity contribution in [1.29, 1.82) is 0 Å². The Morgan fingerprint density at radius 3 is 1.46 bits per heavy atom. The molecule has 0 saturated heterocycles. The first-order valence-corrected chi connectivity index (χ1v) is 18.5. The third kappa shape index (κ3) is 20.6. The van der Waals surface area contributed by atoms with Gasteiger partial charge in [0.25, 0.3) is 0 Å². The van der Waals surface area contributed by atoms with Crippen LogP contribution in [0.25, 0.3) is 0 Å². The highest BCUT2D eigenvalue weighted by atomic mass is 16.5. The molecule has 2 rings (SSSR count). The maximum Gasteiger partial charge on any atom is 0.243 e. The van der Waals surface area contributed by atoms with E-state index in [1.165, 1.54) is 0 Å². The Morgan fingerprint density at radius 1 is 0.574 bits per heavy atom. The van der Waals surface area contributed by atoms with Gasteiger partial charge in [-0.25, -0.2) is 0 Å². The Hall–Kier alpha value is -4.54. The van der Waals surface area contributed by atoms with Crippen LogP contribution in [0.4, 0.5) is 0 Å². The number of ether oxygens (including phenoxy) is 2. The van der Waals surface area contributed by atoms with E-state index in [9.17, 15) is 28.8 Å². The van der Waals surface area contributed by atoms with Crippen molar-refractivity contribution in [2.45, 2.75) is 82.3 Å². The van der Waals surface area contributed by atoms with E-state index in [-0.39, 0.29) is 89.6 Å². The van der Waals surface area contributed by atoms with Crippen molar-refractivity contribution in [2.75, 3.05) is 52.7 Å². The number of carbonyl (C=O) groups excluding carboxylic acids is 6. The van der Waals surface area contributed by atoms with Gasteiger partial charge in [-0.3, -0.25) is 28.8 Å². The maximum absolute atomic E-state index is 13.2. The normalized spacial score (nSPS) is 12.6. The predicted molar refractivity (Wildman–Crippen MR) is 201 cm³/mol. The van der Waals surface area contributed by atoms with Crippen LogP contribution in [0.15, 0.2) is 60.7 Å². The Bertz CT molecular complexity index is 1410. The number of carbonyl (C=O) groups is 6.